The summed E-state index contributed by atoms with van der Waals surface area (Å²) in [4.78, 5) is 1.22. The lowest BCUT2D eigenvalue weighted by molar-refractivity contribution is 0.220. The summed E-state index contributed by atoms with van der Waals surface area (Å²) < 4.78 is 0. The van der Waals surface area contributed by atoms with Gasteiger partial charge in [-0.05, 0) is 41.5 Å². The summed E-state index contributed by atoms with van der Waals surface area (Å²) in [6.45, 7) is 2.17. The molecule has 0 spiro atoms. The Morgan fingerprint density at radius 1 is 1.05 bits per heavy atom. The van der Waals surface area contributed by atoms with Crippen molar-refractivity contribution in [1.82, 2.24) is 0 Å². The second-order valence-electron chi connectivity index (χ2n) is 4.67. The van der Waals surface area contributed by atoms with Crippen LogP contribution in [0.25, 0.3) is 0 Å². The van der Waals surface area contributed by atoms with E-state index in [-0.39, 0.29) is 0 Å². The van der Waals surface area contributed by atoms with E-state index in [0.717, 1.165) is 24.0 Å². The Hall–Kier alpha value is -1.25. The van der Waals surface area contributed by atoms with Crippen molar-refractivity contribution in [3.05, 3.63) is 65.2 Å². The van der Waals surface area contributed by atoms with Crippen LogP contribution in [0.5, 0.6) is 0 Å². The van der Waals surface area contributed by atoms with E-state index in [0.29, 0.717) is 0 Å². The second-order valence-corrected chi connectivity index (χ2v) is 5.55. The van der Waals surface area contributed by atoms with Crippen LogP contribution in [0.15, 0.2) is 53.4 Å². The third kappa shape index (κ3) is 3.62. The zero-order valence-corrected chi connectivity index (χ0v) is 12.3. The lowest BCUT2D eigenvalue weighted by atomic mass is 9.98. The number of aryl methyl sites for hydroxylation is 1. The molecule has 100 valence electrons. The Morgan fingerprint density at radius 3 is 2.42 bits per heavy atom. The third-order valence-corrected chi connectivity index (χ3v) is 3.98. The van der Waals surface area contributed by atoms with E-state index in [1.54, 1.807) is 11.8 Å². The molecule has 0 heterocycles. The molecule has 2 rings (SSSR count). The van der Waals surface area contributed by atoms with Crippen LogP contribution in [0.1, 0.15) is 36.1 Å². The number of aliphatic hydroxyl groups excluding tert-OH is 1. The quantitative estimate of drug-likeness (QED) is 0.812. The van der Waals surface area contributed by atoms with E-state index in [9.17, 15) is 5.11 Å². The van der Waals surface area contributed by atoms with E-state index in [1.807, 2.05) is 24.3 Å². The van der Waals surface area contributed by atoms with Crippen molar-refractivity contribution in [2.75, 3.05) is 6.26 Å². The van der Waals surface area contributed by atoms with Crippen LogP contribution in [0, 0.1) is 0 Å². The van der Waals surface area contributed by atoms with Crippen LogP contribution in [0.2, 0.25) is 0 Å². The van der Waals surface area contributed by atoms with Gasteiger partial charge in [-0.1, -0.05) is 49.7 Å². The van der Waals surface area contributed by atoms with Crippen molar-refractivity contribution in [3.63, 3.8) is 0 Å². The third-order valence-electron chi connectivity index (χ3n) is 3.24. The van der Waals surface area contributed by atoms with E-state index in [1.165, 1.54) is 10.5 Å². The van der Waals surface area contributed by atoms with Crippen LogP contribution in [0.3, 0.4) is 0 Å². The lowest BCUT2D eigenvalue weighted by Gasteiger charge is -2.13. The van der Waals surface area contributed by atoms with Crippen molar-refractivity contribution in [1.29, 1.82) is 0 Å². The predicted molar refractivity (Wildman–Crippen MR) is 82.7 cm³/mol. The Labute approximate surface area is 119 Å². The average Bonchev–Trinajstić information content (AvgIpc) is 2.47. The SMILES string of the molecule is CCCc1cccc(C(O)c2ccc(SC)cc2)c1. The number of hydrogen-bond acceptors (Lipinski definition) is 2. The van der Waals surface area contributed by atoms with Gasteiger partial charge in [0.15, 0.2) is 0 Å². The zero-order chi connectivity index (χ0) is 13.7. The monoisotopic (exact) mass is 272 g/mol. The maximum atomic E-state index is 10.4. The molecule has 0 saturated heterocycles. The summed E-state index contributed by atoms with van der Waals surface area (Å²) in [6.07, 6.45) is 3.71. The van der Waals surface area contributed by atoms with Gasteiger partial charge in [-0.15, -0.1) is 11.8 Å². The number of benzene rings is 2. The fourth-order valence-corrected chi connectivity index (χ4v) is 2.59. The molecular weight excluding hydrogens is 252 g/mol. The molecule has 1 unspecified atom stereocenters. The Balaban J connectivity index is 2.22. The molecule has 2 aromatic carbocycles. The first-order chi connectivity index (χ1) is 9.24. The molecule has 0 aromatic heterocycles. The van der Waals surface area contributed by atoms with Crippen LogP contribution in [0.4, 0.5) is 0 Å². The highest BCUT2D eigenvalue weighted by molar-refractivity contribution is 7.98. The van der Waals surface area contributed by atoms with Gasteiger partial charge in [-0.3, -0.25) is 0 Å². The summed E-state index contributed by atoms with van der Waals surface area (Å²) in [7, 11) is 0. The van der Waals surface area contributed by atoms with Crippen LogP contribution in [-0.2, 0) is 6.42 Å². The molecule has 0 aliphatic carbocycles. The lowest BCUT2D eigenvalue weighted by Crippen LogP contribution is -2.00. The van der Waals surface area contributed by atoms with Crippen molar-refractivity contribution in [2.45, 2.75) is 30.8 Å². The van der Waals surface area contributed by atoms with Gasteiger partial charge >= 0.3 is 0 Å². The van der Waals surface area contributed by atoms with Crippen molar-refractivity contribution in [3.8, 4) is 0 Å². The largest absolute Gasteiger partial charge is 0.384 e. The minimum atomic E-state index is -0.535. The van der Waals surface area contributed by atoms with Gasteiger partial charge in [0.25, 0.3) is 0 Å². The number of thioether (sulfide) groups is 1. The van der Waals surface area contributed by atoms with Gasteiger partial charge in [-0.25, -0.2) is 0 Å². The standard InChI is InChI=1S/C17H20OS/c1-3-5-13-6-4-7-15(12-13)17(18)14-8-10-16(19-2)11-9-14/h4,6-12,17-18H,3,5H2,1-2H3. The molecule has 1 nitrogen and oxygen atoms in total. The highest BCUT2D eigenvalue weighted by atomic mass is 32.2. The predicted octanol–water partition coefficient (Wildman–Crippen LogP) is 4.44. The normalized spacial score (nSPS) is 12.4. The molecule has 1 atom stereocenters. The van der Waals surface area contributed by atoms with Crippen LogP contribution >= 0.6 is 11.8 Å². The van der Waals surface area contributed by atoms with Gasteiger partial charge in [0.1, 0.15) is 6.10 Å². The van der Waals surface area contributed by atoms with E-state index in [4.69, 9.17) is 0 Å². The average molecular weight is 272 g/mol. The molecule has 0 fully saturated rings. The molecule has 0 aliphatic heterocycles. The second kappa shape index (κ2) is 6.78. The molecular formula is C17H20OS. The van der Waals surface area contributed by atoms with Crippen molar-refractivity contribution < 1.29 is 5.11 Å². The molecule has 19 heavy (non-hydrogen) atoms. The number of aliphatic hydroxyl groups is 1. The number of hydrogen-bond donors (Lipinski definition) is 1. The first-order valence-electron chi connectivity index (χ1n) is 6.65. The fraction of sp³-hybridized carbons (Fsp3) is 0.294. The smallest absolute Gasteiger partial charge is 0.104 e. The Morgan fingerprint density at radius 2 is 1.79 bits per heavy atom. The number of rotatable bonds is 5. The van der Waals surface area contributed by atoms with Crippen LogP contribution in [-0.4, -0.2) is 11.4 Å². The minimum absolute atomic E-state index is 0.535. The summed E-state index contributed by atoms with van der Waals surface area (Å²) in [5.74, 6) is 0. The summed E-state index contributed by atoms with van der Waals surface area (Å²) in [5, 5.41) is 10.4. The molecule has 0 saturated carbocycles. The fourth-order valence-electron chi connectivity index (χ4n) is 2.19. The molecule has 2 aromatic rings. The molecule has 2 heteroatoms. The molecule has 0 amide bonds. The highest BCUT2D eigenvalue weighted by Gasteiger charge is 2.10. The molecule has 0 aliphatic rings. The molecule has 0 bridgehead atoms. The highest BCUT2D eigenvalue weighted by Crippen LogP contribution is 2.25. The first kappa shape index (κ1) is 14.2. The topological polar surface area (TPSA) is 20.2 Å². The molecule has 0 radical (unpaired) electrons. The summed E-state index contributed by atoms with van der Waals surface area (Å²) in [6, 6.07) is 16.4. The Bertz CT molecular complexity index is 519. The van der Waals surface area contributed by atoms with E-state index >= 15 is 0 Å². The Kier molecular flexibility index (Phi) is 5.06. The first-order valence-corrected chi connectivity index (χ1v) is 7.88. The zero-order valence-electron chi connectivity index (χ0n) is 11.5. The molecule has 1 N–H and O–H groups in total. The van der Waals surface area contributed by atoms with Gasteiger partial charge in [0, 0.05) is 4.90 Å². The van der Waals surface area contributed by atoms with Gasteiger partial charge in [-0.2, -0.15) is 0 Å². The van der Waals surface area contributed by atoms with Gasteiger partial charge in [0.05, 0.1) is 0 Å². The van der Waals surface area contributed by atoms with E-state index < -0.39 is 6.10 Å². The summed E-state index contributed by atoms with van der Waals surface area (Å²) in [5.41, 5.74) is 3.22. The summed E-state index contributed by atoms with van der Waals surface area (Å²) >= 11 is 1.71. The van der Waals surface area contributed by atoms with Gasteiger partial charge in [0.2, 0.25) is 0 Å². The minimum Gasteiger partial charge on any atom is -0.384 e. The van der Waals surface area contributed by atoms with Crippen LogP contribution < -0.4 is 0 Å². The van der Waals surface area contributed by atoms with E-state index in [2.05, 4.69) is 37.4 Å². The maximum absolute atomic E-state index is 10.4. The van der Waals surface area contributed by atoms with Crippen molar-refractivity contribution >= 4 is 11.8 Å². The maximum Gasteiger partial charge on any atom is 0.104 e. The van der Waals surface area contributed by atoms with Gasteiger partial charge < -0.3 is 5.11 Å². The van der Waals surface area contributed by atoms with Crippen molar-refractivity contribution in [2.24, 2.45) is 0 Å².